The van der Waals surface area contributed by atoms with Crippen molar-refractivity contribution in [2.75, 3.05) is 39.5 Å². The molecule has 6 rings (SSSR count). The van der Waals surface area contributed by atoms with Gasteiger partial charge in [-0.25, -0.2) is 21.2 Å². The second kappa shape index (κ2) is 13.8. The van der Waals surface area contributed by atoms with Crippen LogP contribution < -0.4 is 15.8 Å². The minimum Gasteiger partial charge on any atom is -0.491 e. The van der Waals surface area contributed by atoms with Crippen LogP contribution in [-0.2, 0) is 31.1 Å². The molecule has 2 heterocycles. The van der Waals surface area contributed by atoms with Gasteiger partial charge in [-0.15, -0.1) is 0 Å². The number of piperidine rings is 1. The largest absolute Gasteiger partial charge is 0.491 e. The number of aliphatic hydroxyl groups excluding tert-OH is 2. The maximum Gasteiger partial charge on any atom is 0.243 e. The zero-order chi connectivity index (χ0) is 34.2. The lowest BCUT2D eigenvalue weighted by atomic mass is 9.88. The molecule has 0 amide bonds. The fraction of sp³-hybridized carbons (Fsp3) is 0.471. The van der Waals surface area contributed by atoms with Crippen molar-refractivity contribution in [3.05, 3.63) is 78.1 Å². The molecule has 0 bridgehead atoms. The fourth-order valence-corrected chi connectivity index (χ4v) is 9.81. The van der Waals surface area contributed by atoms with Gasteiger partial charge >= 0.3 is 0 Å². The van der Waals surface area contributed by atoms with Crippen LogP contribution in [0.3, 0.4) is 0 Å². The summed E-state index contributed by atoms with van der Waals surface area (Å²) in [6.07, 6.45) is 1.63. The van der Waals surface area contributed by atoms with Crippen molar-refractivity contribution >= 4 is 19.9 Å². The van der Waals surface area contributed by atoms with E-state index in [4.69, 9.17) is 15.2 Å². The Morgan fingerprint density at radius 2 is 1.73 bits per heavy atom. The summed E-state index contributed by atoms with van der Waals surface area (Å²) in [7, 11) is -7.55. The molecule has 0 aromatic heterocycles. The van der Waals surface area contributed by atoms with Crippen molar-refractivity contribution in [1.82, 2.24) is 9.62 Å². The monoisotopic (exact) mass is 703 g/mol. The summed E-state index contributed by atoms with van der Waals surface area (Å²) >= 11 is 0. The average Bonchev–Trinajstić information content (AvgIpc) is 3.83. The number of rotatable bonds is 13. The van der Waals surface area contributed by atoms with Gasteiger partial charge in [0.2, 0.25) is 10.0 Å². The van der Waals surface area contributed by atoms with Crippen LogP contribution in [0.5, 0.6) is 5.75 Å². The molecule has 3 fully saturated rings. The van der Waals surface area contributed by atoms with Gasteiger partial charge in [0.25, 0.3) is 0 Å². The highest BCUT2D eigenvalue weighted by Crippen LogP contribution is 2.46. The first-order chi connectivity index (χ1) is 22.9. The maximum atomic E-state index is 14.7. The van der Waals surface area contributed by atoms with E-state index in [2.05, 4.69) is 5.32 Å². The Morgan fingerprint density at radius 1 is 1.00 bits per heavy atom. The zero-order valence-corrected chi connectivity index (χ0v) is 28.2. The first-order valence-corrected chi connectivity index (χ1v) is 19.1. The Balaban J connectivity index is 0.987. The molecular weight excluding hydrogens is 662 g/mol. The third-order valence-electron chi connectivity index (χ3n) is 9.79. The van der Waals surface area contributed by atoms with Crippen LogP contribution in [0.15, 0.2) is 76.5 Å². The Morgan fingerprint density at radius 3 is 2.40 bits per heavy atom. The Labute approximate surface area is 280 Å². The number of aliphatic hydroxyl groups is 2. The lowest BCUT2D eigenvalue weighted by molar-refractivity contribution is -0.0312. The van der Waals surface area contributed by atoms with Crippen LogP contribution in [0.1, 0.15) is 37.7 Å². The predicted molar refractivity (Wildman–Crippen MR) is 177 cm³/mol. The molecule has 1 spiro atoms. The van der Waals surface area contributed by atoms with E-state index in [9.17, 15) is 31.4 Å². The van der Waals surface area contributed by atoms with Crippen molar-refractivity contribution in [3.8, 4) is 16.9 Å². The minimum atomic E-state index is -3.87. The van der Waals surface area contributed by atoms with Crippen molar-refractivity contribution in [1.29, 1.82) is 0 Å². The van der Waals surface area contributed by atoms with Gasteiger partial charge in [-0.2, -0.15) is 4.31 Å². The van der Waals surface area contributed by atoms with Crippen LogP contribution in [0.4, 0.5) is 4.39 Å². The van der Waals surface area contributed by atoms with Crippen LogP contribution in [0.2, 0.25) is 0 Å². The first kappa shape index (κ1) is 34.9. The molecule has 1 saturated carbocycles. The van der Waals surface area contributed by atoms with E-state index in [1.54, 1.807) is 36.4 Å². The average molecular weight is 704 g/mol. The van der Waals surface area contributed by atoms with Gasteiger partial charge in [-0.3, -0.25) is 0 Å². The summed E-state index contributed by atoms with van der Waals surface area (Å²) in [6.45, 7) is 1.03. The Bertz CT molecular complexity index is 1830. The molecule has 0 unspecified atom stereocenters. The molecule has 2 atom stereocenters. The van der Waals surface area contributed by atoms with Crippen LogP contribution in [0.25, 0.3) is 11.1 Å². The summed E-state index contributed by atoms with van der Waals surface area (Å²) in [5.74, 6) is -0.196. The SMILES string of the molecule is NCc1ccc(-c2cc(S(=O)(=O)N3CCC4(CC3)C[C@@H](NC[C@H](O)COc3cccc(S(=O)(=O)C5(CO)CC5)c3)CO4)ccc2F)cc1. The van der Waals surface area contributed by atoms with E-state index in [1.807, 2.05) is 0 Å². The van der Waals surface area contributed by atoms with Crippen molar-refractivity contribution in [3.63, 3.8) is 0 Å². The van der Waals surface area contributed by atoms with E-state index in [-0.39, 0.29) is 47.6 Å². The Kier molecular flexibility index (Phi) is 10.00. The van der Waals surface area contributed by atoms with Crippen LogP contribution >= 0.6 is 0 Å². The number of halogens is 1. The van der Waals surface area contributed by atoms with E-state index >= 15 is 0 Å². The van der Waals surface area contributed by atoms with Gasteiger partial charge < -0.3 is 30.7 Å². The Hall–Kier alpha value is -2.95. The molecule has 1 aliphatic carbocycles. The highest BCUT2D eigenvalue weighted by atomic mass is 32.2. The van der Waals surface area contributed by atoms with Crippen LogP contribution in [0, 0.1) is 5.82 Å². The van der Waals surface area contributed by atoms with Crippen LogP contribution in [-0.4, -0.2) is 93.3 Å². The number of hydrogen-bond acceptors (Lipinski definition) is 10. The molecule has 3 aromatic carbocycles. The van der Waals surface area contributed by atoms with Crippen molar-refractivity contribution in [2.24, 2.45) is 5.73 Å². The van der Waals surface area contributed by atoms with Gasteiger partial charge in [0.15, 0.2) is 9.84 Å². The topological polar surface area (TPSA) is 168 Å². The number of nitrogens with zero attached hydrogens (tertiary/aromatic N) is 1. The minimum absolute atomic E-state index is 0.0335. The number of hydrogen-bond donors (Lipinski definition) is 4. The highest BCUT2D eigenvalue weighted by molar-refractivity contribution is 7.93. The summed E-state index contributed by atoms with van der Waals surface area (Å²) in [5.41, 5.74) is 6.85. The second-order valence-corrected chi connectivity index (χ2v) is 17.3. The lowest BCUT2D eigenvalue weighted by Gasteiger charge is -2.38. The molecule has 48 heavy (non-hydrogen) atoms. The van der Waals surface area contributed by atoms with E-state index in [0.717, 1.165) is 5.56 Å². The van der Waals surface area contributed by atoms with Crippen molar-refractivity contribution in [2.45, 2.75) is 70.9 Å². The van der Waals surface area contributed by atoms with Crippen molar-refractivity contribution < 1.29 is 40.9 Å². The normalized spacial score (nSPS) is 21.3. The molecule has 5 N–H and O–H groups in total. The van der Waals surface area contributed by atoms with E-state index in [0.29, 0.717) is 56.6 Å². The third-order valence-corrected chi connectivity index (χ3v) is 14.2. The molecule has 2 saturated heterocycles. The molecular formula is C34H42FN3O8S2. The number of benzene rings is 3. The van der Waals surface area contributed by atoms with E-state index < -0.39 is 48.7 Å². The number of nitrogens with one attached hydrogen (secondary N) is 1. The smallest absolute Gasteiger partial charge is 0.243 e. The predicted octanol–water partition coefficient (Wildman–Crippen LogP) is 2.59. The zero-order valence-electron chi connectivity index (χ0n) is 26.6. The van der Waals surface area contributed by atoms with E-state index in [1.165, 1.54) is 34.6 Å². The molecule has 260 valence electrons. The summed E-state index contributed by atoms with van der Waals surface area (Å²) in [6, 6.07) is 17.0. The standard InChI is InChI=1S/C34H42FN3O8S2/c35-32-9-8-30(17-31(32)25-6-4-24(19-36)5-7-25)48(43,44)38-14-12-33(13-15-38)18-26(21-46-33)37-20-27(40)22-45-28-2-1-3-29(16-28)47(41,42)34(23-39)10-11-34/h1-9,16-17,26-27,37,39-40H,10-15,18-23,36H2/t26-,27+/m1/s1. The second-order valence-electron chi connectivity index (χ2n) is 13.0. The fourth-order valence-electron chi connectivity index (χ4n) is 6.50. The number of sulfone groups is 1. The maximum absolute atomic E-state index is 14.7. The molecule has 0 radical (unpaired) electrons. The van der Waals surface area contributed by atoms with Gasteiger partial charge in [0.1, 0.15) is 24.3 Å². The number of sulfonamides is 1. The van der Waals surface area contributed by atoms with Gasteiger partial charge in [0.05, 0.1) is 33.4 Å². The molecule has 11 nitrogen and oxygen atoms in total. The molecule has 14 heteroatoms. The highest BCUT2D eigenvalue weighted by Gasteiger charge is 2.54. The molecule has 3 aromatic rings. The molecule has 2 aliphatic heterocycles. The first-order valence-electron chi connectivity index (χ1n) is 16.1. The quantitative estimate of drug-likeness (QED) is 0.208. The summed E-state index contributed by atoms with van der Waals surface area (Å²) < 4.78 is 79.9. The number of nitrogens with two attached hydrogens (primary N) is 1. The lowest BCUT2D eigenvalue weighted by Crippen LogP contribution is -2.47. The summed E-state index contributed by atoms with van der Waals surface area (Å²) in [5, 5.41) is 23.5. The van der Waals surface area contributed by atoms with Gasteiger partial charge in [0, 0.05) is 37.8 Å². The van der Waals surface area contributed by atoms with Gasteiger partial charge in [-0.1, -0.05) is 30.3 Å². The van der Waals surface area contributed by atoms with Gasteiger partial charge in [-0.05, 0) is 79.6 Å². The molecule has 3 aliphatic rings. The summed E-state index contributed by atoms with van der Waals surface area (Å²) in [4.78, 5) is 0.119. The number of ether oxygens (including phenoxy) is 2. The third kappa shape index (κ3) is 7.03.